The molecule has 0 spiro atoms. The number of anilines is 1. The van der Waals surface area contributed by atoms with Gasteiger partial charge in [0.15, 0.2) is 0 Å². The molecule has 0 saturated carbocycles. The van der Waals surface area contributed by atoms with Gasteiger partial charge in [-0.05, 0) is 51.3 Å². The maximum atomic E-state index is 8.73. The largest absolute Gasteiger partial charge is 0.396 e. The summed E-state index contributed by atoms with van der Waals surface area (Å²) < 4.78 is 0. The van der Waals surface area contributed by atoms with Gasteiger partial charge in [0.25, 0.3) is 0 Å². The van der Waals surface area contributed by atoms with E-state index >= 15 is 0 Å². The van der Waals surface area contributed by atoms with E-state index < -0.39 is 0 Å². The molecule has 0 aliphatic rings. The predicted molar refractivity (Wildman–Crippen MR) is 63.1 cm³/mol. The van der Waals surface area contributed by atoms with E-state index in [0.29, 0.717) is 6.04 Å². The van der Waals surface area contributed by atoms with Gasteiger partial charge in [-0.15, -0.1) is 0 Å². The first-order valence-corrected chi connectivity index (χ1v) is 5.44. The van der Waals surface area contributed by atoms with Gasteiger partial charge in [-0.1, -0.05) is 0 Å². The third-order valence-corrected chi connectivity index (χ3v) is 2.29. The van der Waals surface area contributed by atoms with Gasteiger partial charge in [0.05, 0.1) is 0 Å². The quantitative estimate of drug-likeness (QED) is 0.780. The minimum absolute atomic E-state index is 0.256. The van der Waals surface area contributed by atoms with E-state index in [-0.39, 0.29) is 6.61 Å². The van der Waals surface area contributed by atoms with Crippen molar-refractivity contribution in [1.82, 2.24) is 4.98 Å². The van der Waals surface area contributed by atoms with E-state index in [0.717, 1.165) is 24.4 Å². The molecule has 0 bridgehead atoms. The lowest BCUT2D eigenvalue weighted by atomic mass is 10.2. The van der Waals surface area contributed by atoms with Gasteiger partial charge in [0, 0.05) is 18.3 Å². The molecule has 0 radical (unpaired) electrons. The zero-order chi connectivity index (χ0) is 11.3. The first-order valence-electron chi connectivity index (χ1n) is 5.44. The molecule has 1 rings (SSSR count). The summed E-state index contributed by atoms with van der Waals surface area (Å²) in [6, 6.07) is 4.46. The molecular formula is C12H20N2O. The molecule has 3 heteroatoms. The van der Waals surface area contributed by atoms with Crippen molar-refractivity contribution in [3.8, 4) is 0 Å². The highest BCUT2D eigenvalue weighted by molar-refractivity contribution is 5.39. The monoisotopic (exact) mass is 208 g/mol. The number of hydrogen-bond donors (Lipinski definition) is 2. The molecule has 0 saturated heterocycles. The van der Waals surface area contributed by atoms with Crippen molar-refractivity contribution in [2.24, 2.45) is 0 Å². The molecule has 0 fully saturated rings. The van der Waals surface area contributed by atoms with Gasteiger partial charge < -0.3 is 10.4 Å². The van der Waals surface area contributed by atoms with Crippen molar-refractivity contribution in [2.45, 2.75) is 39.7 Å². The highest BCUT2D eigenvalue weighted by Crippen LogP contribution is 2.11. The van der Waals surface area contributed by atoms with E-state index in [1.165, 1.54) is 5.56 Å². The number of aliphatic hydroxyl groups excluding tert-OH is 1. The van der Waals surface area contributed by atoms with Crippen LogP contribution in [0.1, 0.15) is 31.0 Å². The molecule has 0 amide bonds. The van der Waals surface area contributed by atoms with Crippen LogP contribution in [0, 0.1) is 13.8 Å². The Morgan fingerprint density at radius 3 is 2.73 bits per heavy atom. The van der Waals surface area contributed by atoms with E-state index in [2.05, 4.69) is 30.2 Å². The molecule has 1 atom stereocenters. The minimum Gasteiger partial charge on any atom is -0.396 e. The van der Waals surface area contributed by atoms with E-state index in [1.807, 2.05) is 13.0 Å². The zero-order valence-corrected chi connectivity index (χ0v) is 9.75. The van der Waals surface area contributed by atoms with Crippen LogP contribution in [-0.4, -0.2) is 22.7 Å². The summed E-state index contributed by atoms with van der Waals surface area (Å²) in [6.45, 7) is 6.43. The topological polar surface area (TPSA) is 45.2 Å². The van der Waals surface area contributed by atoms with Crippen LogP contribution in [0.5, 0.6) is 0 Å². The summed E-state index contributed by atoms with van der Waals surface area (Å²) in [7, 11) is 0. The second-order valence-corrected chi connectivity index (χ2v) is 4.08. The highest BCUT2D eigenvalue weighted by atomic mass is 16.2. The molecule has 0 aromatic carbocycles. The van der Waals surface area contributed by atoms with Gasteiger partial charge in [-0.25, -0.2) is 4.98 Å². The molecule has 1 unspecified atom stereocenters. The van der Waals surface area contributed by atoms with Crippen molar-refractivity contribution in [3.63, 3.8) is 0 Å². The number of nitrogens with one attached hydrogen (secondary N) is 1. The first kappa shape index (κ1) is 12.0. The molecule has 1 aromatic rings. The Morgan fingerprint density at radius 1 is 1.40 bits per heavy atom. The Morgan fingerprint density at radius 2 is 2.13 bits per heavy atom. The number of nitrogens with zero attached hydrogens (tertiary/aromatic N) is 1. The molecule has 1 aromatic heterocycles. The Labute approximate surface area is 91.5 Å². The van der Waals surface area contributed by atoms with Crippen molar-refractivity contribution < 1.29 is 5.11 Å². The Balaban J connectivity index is 2.56. The molecule has 2 N–H and O–H groups in total. The second kappa shape index (κ2) is 5.71. The SMILES string of the molecule is Cc1cc(C)nc(NC(C)CCCO)c1. The number of aryl methyl sites for hydroxylation is 2. The lowest BCUT2D eigenvalue weighted by molar-refractivity contribution is 0.282. The molecule has 1 heterocycles. The van der Waals surface area contributed by atoms with Crippen LogP contribution >= 0.6 is 0 Å². The molecular weight excluding hydrogens is 188 g/mol. The summed E-state index contributed by atoms with van der Waals surface area (Å²) in [5, 5.41) is 12.1. The molecule has 84 valence electrons. The molecule has 15 heavy (non-hydrogen) atoms. The Hall–Kier alpha value is -1.09. The Bertz CT molecular complexity index is 292. The van der Waals surface area contributed by atoms with Crippen LogP contribution in [0.15, 0.2) is 12.1 Å². The fraction of sp³-hybridized carbons (Fsp3) is 0.583. The zero-order valence-electron chi connectivity index (χ0n) is 9.75. The predicted octanol–water partition coefficient (Wildman–Crippen LogP) is 2.27. The van der Waals surface area contributed by atoms with Gasteiger partial charge in [-0.2, -0.15) is 0 Å². The summed E-state index contributed by atoms with van der Waals surface area (Å²) >= 11 is 0. The lowest BCUT2D eigenvalue weighted by Crippen LogP contribution is -2.16. The summed E-state index contributed by atoms with van der Waals surface area (Å²) in [6.07, 6.45) is 1.80. The van der Waals surface area contributed by atoms with Gasteiger partial charge in [-0.3, -0.25) is 0 Å². The first-order chi connectivity index (χ1) is 7.11. The molecule has 0 aliphatic carbocycles. The normalized spacial score (nSPS) is 12.5. The lowest BCUT2D eigenvalue weighted by Gasteiger charge is -2.14. The third kappa shape index (κ3) is 4.30. The van der Waals surface area contributed by atoms with Crippen LogP contribution in [0.4, 0.5) is 5.82 Å². The van der Waals surface area contributed by atoms with Crippen molar-refractivity contribution in [2.75, 3.05) is 11.9 Å². The maximum absolute atomic E-state index is 8.73. The van der Waals surface area contributed by atoms with Gasteiger partial charge in [0.1, 0.15) is 5.82 Å². The van der Waals surface area contributed by atoms with E-state index in [4.69, 9.17) is 5.11 Å². The summed E-state index contributed by atoms with van der Waals surface area (Å²) in [5.41, 5.74) is 2.26. The highest BCUT2D eigenvalue weighted by Gasteiger charge is 2.03. The van der Waals surface area contributed by atoms with Gasteiger partial charge in [0.2, 0.25) is 0 Å². The van der Waals surface area contributed by atoms with Crippen molar-refractivity contribution in [3.05, 3.63) is 23.4 Å². The van der Waals surface area contributed by atoms with Gasteiger partial charge >= 0.3 is 0 Å². The number of pyridine rings is 1. The number of rotatable bonds is 5. The number of hydrogen-bond acceptors (Lipinski definition) is 3. The third-order valence-electron chi connectivity index (χ3n) is 2.29. The molecule has 0 aliphatic heterocycles. The summed E-state index contributed by atoms with van der Waals surface area (Å²) in [5.74, 6) is 0.929. The second-order valence-electron chi connectivity index (χ2n) is 4.08. The van der Waals surface area contributed by atoms with Crippen LogP contribution in [0.25, 0.3) is 0 Å². The maximum Gasteiger partial charge on any atom is 0.126 e. The molecule has 3 nitrogen and oxygen atoms in total. The van der Waals surface area contributed by atoms with E-state index in [9.17, 15) is 0 Å². The fourth-order valence-corrected chi connectivity index (χ4v) is 1.64. The van der Waals surface area contributed by atoms with Crippen LogP contribution in [0.2, 0.25) is 0 Å². The summed E-state index contributed by atoms with van der Waals surface area (Å²) in [4.78, 5) is 4.41. The average molecular weight is 208 g/mol. The fourth-order valence-electron chi connectivity index (χ4n) is 1.64. The van der Waals surface area contributed by atoms with Crippen LogP contribution in [0.3, 0.4) is 0 Å². The van der Waals surface area contributed by atoms with Crippen LogP contribution in [-0.2, 0) is 0 Å². The number of aliphatic hydroxyl groups is 1. The van der Waals surface area contributed by atoms with E-state index in [1.54, 1.807) is 0 Å². The van der Waals surface area contributed by atoms with Crippen LogP contribution < -0.4 is 5.32 Å². The van der Waals surface area contributed by atoms with Crippen molar-refractivity contribution >= 4 is 5.82 Å². The standard InChI is InChI=1S/C12H20N2O/c1-9-7-11(3)14-12(8-9)13-10(2)5-4-6-15/h7-8,10,15H,4-6H2,1-3H3,(H,13,14). The minimum atomic E-state index is 0.256. The smallest absolute Gasteiger partial charge is 0.126 e. The Kier molecular flexibility index (Phi) is 4.56. The average Bonchev–Trinajstić information content (AvgIpc) is 2.13. The van der Waals surface area contributed by atoms with Crippen molar-refractivity contribution in [1.29, 1.82) is 0 Å². The number of aromatic nitrogens is 1.